The van der Waals surface area contributed by atoms with E-state index in [1.807, 2.05) is 11.3 Å². The summed E-state index contributed by atoms with van der Waals surface area (Å²) in [5.74, 6) is 0.752. The Balaban J connectivity index is 2.76. The lowest BCUT2D eigenvalue weighted by atomic mass is 10.2. The standard InChI is InChI=1S/C9H13N5/c1-3-7-6(2)11-5-14-8(4-10)12-13-9(7)14/h5H,3-4,10H2,1-2H3. The molecular formula is C9H13N5. The highest BCUT2D eigenvalue weighted by Gasteiger charge is 2.09. The second kappa shape index (κ2) is 3.34. The quantitative estimate of drug-likeness (QED) is 0.748. The van der Waals surface area contributed by atoms with Gasteiger partial charge in [-0.15, -0.1) is 10.2 Å². The molecule has 0 saturated heterocycles. The van der Waals surface area contributed by atoms with E-state index >= 15 is 0 Å². The highest BCUT2D eigenvalue weighted by Crippen LogP contribution is 2.12. The summed E-state index contributed by atoms with van der Waals surface area (Å²) in [6, 6.07) is 0. The molecule has 2 rings (SSSR count). The molecule has 0 bridgehead atoms. The Bertz CT molecular complexity index is 459. The molecule has 0 radical (unpaired) electrons. The van der Waals surface area contributed by atoms with Gasteiger partial charge in [-0.25, -0.2) is 4.98 Å². The van der Waals surface area contributed by atoms with Crippen LogP contribution in [0.25, 0.3) is 5.65 Å². The Labute approximate surface area is 82.0 Å². The lowest BCUT2D eigenvalue weighted by Crippen LogP contribution is -2.04. The summed E-state index contributed by atoms with van der Waals surface area (Å²) >= 11 is 0. The normalized spacial score (nSPS) is 11.1. The van der Waals surface area contributed by atoms with Crippen LogP contribution < -0.4 is 5.73 Å². The molecule has 0 aliphatic rings. The zero-order chi connectivity index (χ0) is 10.1. The summed E-state index contributed by atoms with van der Waals surface area (Å²) in [5.41, 5.74) is 8.56. The maximum atomic E-state index is 5.54. The minimum atomic E-state index is 0.384. The van der Waals surface area contributed by atoms with Crippen LogP contribution in [0.2, 0.25) is 0 Å². The summed E-state index contributed by atoms with van der Waals surface area (Å²) in [4.78, 5) is 4.29. The molecule has 2 aromatic rings. The molecule has 0 saturated carbocycles. The van der Waals surface area contributed by atoms with E-state index in [-0.39, 0.29) is 0 Å². The Morgan fingerprint density at radius 3 is 2.86 bits per heavy atom. The van der Waals surface area contributed by atoms with Gasteiger partial charge in [0.1, 0.15) is 6.33 Å². The molecule has 14 heavy (non-hydrogen) atoms. The summed E-state index contributed by atoms with van der Waals surface area (Å²) in [6.07, 6.45) is 2.64. The molecule has 5 nitrogen and oxygen atoms in total. The number of hydrogen-bond acceptors (Lipinski definition) is 4. The third-order valence-corrected chi connectivity index (χ3v) is 2.38. The molecule has 0 aliphatic heterocycles. The number of hydrogen-bond donors (Lipinski definition) is 1. The van der Waals surface area contributed by atoms with Crippen molar-refractivity contribution < 1.29 is 0 Å². The van der Waals surface area contributed by atoms with E-state index in [4.69, 9.17) is 5.73 Å². The first-order valence-corrected chi connectivity index (χ1v) is 4.66. The van der Waals surface area contributed by atoms with Gasteiger partial charge in [-0.3, -0.25) is 4.40 Å². The van der Waals surface area contributed by atoms with Crippen LogP contribution in [0.15, 0.2) is 6.33 Å². The van der Waals surface area contributed by atoms with Crippen LogP contribution >= 0.6 is 0 Å². The number of aromatic nitrogens is 4. The highest BCUT2D eigenvalue weighted by atomic mass is 15.3. The predicted molar refractivity (Wildman–Crippen MR) is 52.8 cm³/mol. The largest absolute Gasteiger partial charge is 0.324 e. The third kappa shape index (κ3) is 1.17. The van der Waals surface area contributed by atoms with Crippen LogP contribution in [0.4, 0.5) is 0 Å². The molecule has 0 aliphatic carbocycles. The Morgan fingerprint density at radius 2 is 2.21 bits per heavy atom. The van der Waals surface area contributed by atoms with Crippen LogP contribution in [-0.2, 0) is 13.0 Å². The topological polar surface area (TPSA) is 69.1 Å². The van der Waals surface area contributed by atoms with E-state index < -0.39 is 0 Å². The fourth-order valence-electron chi connectivity index (χ4n) is 1.59. The molecule has 2 aromatic heterocycles. The summed E-state index contributed by atoms with van der Waals surface area (Å²) in [5, 5.41) is 8.13. The molecule has 0 aromatic carbocycles. The molecule has 0 atom stereocenters. The lowest BCUT2D eigenvalue weighted by molar-refractivity contribution is 0.864. The number of aryl methyl sites for hydroxylation is 2. The summed E-state index contributed by atoms with van der Waals surface area (Å²) < 4.78 is 1.85. The number of fused-ring (bicyclic) bond motifs is 1. The first kappa shape index (κ1) is 9.08. The zero-order valence-corrected chi connectivity index (χ0v) is 8.36. The van der Waals surface area contributed by atoms with E-state index in [1.54, 1.807) is 6.33 Å². The van der Waals surface area contributed by atoms with Crippen LogP contribution in [0.3, 0.4) is 0 Å². The third-order valence-electron chi connectivity index (χ3n) is 2.38. The van der Waals surface area contributed by atoms with Crippen molar-refractivity contribution in [3.63, 3.8) is 0 Å². The van der Waals surface area contributed by atoms with Crippen LogP contribution in [0.1, 0.15) is 24.0 Å². The van der Waals surface area contributed by atoms with Crippen LogP contribution in [-0.4, -0.2) is 19.6 Å². The van der Waals surface area contributed by atoms with E-state index in [9.17, 15) is 0 Å². The molecule has 0 amide bonds. The average molecular weight is 191 g/mol. The average Bonchev–Trinajstić information content (AvgIpc) is 2.60. The maximum absolute atomic E-state index is 5.54. The Hall–Kier alpha value is -1.49. The zero-order valence-electron chi connectivity index (χ0n) is 8.36. The molecule has 2 N–H and O–H groups in total. The van der Waals surface area contributed by atoms with Gasteiger partial charge in [0, 0.05) is 11.3 Å². The lowest BCUT2D eigenvalue weighted by Gasteiger charge is -2.03. The second-order valence-corrected chi connectivity index (χ2v) is 3.18. The van der Waals surface area contributed by atoms with E-state index in [0.29, 0.717) is 6.54 Å². The van der Waals surface area contributed by atoms with Gasteiger partial charge in [-0.2, -0.15) is 0 Å². The SMILES string of the molecule is CCc1c(C)ncn2c(CN)nnc12. The molecular weight excluding hydrogens is 178 g/mol. The summed E-state index contributed by atoms with van der Waals surface area (Å²) in [6.45, 7) is 4.45. The summed E-state index contributed by atoms with van der Waals surface area (Å²) in [7, 11) is 0. The van der Waals surface area contributed by atoms with Crippen LogP contribution in [0.5, 0.6) is 0 Å². The Morgan fingerprint density at radius 1 is 1.43 bits per heavy atom. The number of nitrogens with two attached hydrogens (primary N) is 1. The van der Waals surface area contributed by atoms with Crippen molar-refractivity contribution in [1.29, 1.82) is 0 Å². The minimum absolute atomic E-state index is 0.384. The van der Waals surface area contributed by atoms with Gasteiger partial charge >= 0.3 is 0 Å². The molecule has 5 heteroatoms. The second-order valence-electron chi connectivity index (χ2n) is 3.18. The smallest absolute Gasteiger partial charge is 0.167 e. The predicted octanol–water partition coefficient (Wildman–Crippen LogP) is 0.454. The van der Waals surface area contributed by atoms with E-state index in [1.165, 1.54) is 0 Å². The van der Waals surface area contributed by atoms with Gasteiger partial charge in [0.15, 0.2) is 11.5 Å². The van der Waals surface area contributed by atoms with Gasteiger partial charge in [-0.05, 0) is 13.3 Å². The minimum Gasteiger partial charge on any atom is -0.324 e. The van der Waals surface area contributed by atoms with E-state index in [0.717, 1.165) is 29.1 Å². The van der Waals surface area contributed by atoms with Gasteiger partial charge < -0.3 is 5.73 Å². The van der Waals surface area contributed by atoms with Crippen molar-refractivity contribution in [3.05, 3.63) is 23.4 Å². The monoisotopic (exact) mass is 191 g/mol. The van der Waals surface area contributed by atoms with Crippen molar-refractivity contribution in [1.82, 2.24) is 19.6 Å². The number of nitrogens with zero attached hydrogens (tertiary/aromatic N) is 4. The van der Waals surface area contributed by atoms with Crippen LogP contribution in [0, 0.1) is 6.92 Å². The van der Waals surface area contributed by atoms with Crippen molar-refractivity contribution in [2.75, 3.05) is 0 Å². The number of rotatable bonds is 2. The maximum Gasteiger partial charge on any atom is 0.167 e. The van der Waals surface area contributed by atoms with Crippen molar-refractivity contribution in [3.8, 4) is 0 Å². The van der Waals surface area contributed by atoms with Gasteiger partial charge in [0.05, 0.1) is 6.54 Å². The first-order chi connectivity index (χ1) is 6.77. The van der Waals surface area contributed by atoms with Crippen molar-refractivity contribution >= 4 is 5.65 Å². The first-order valence-electron chi connectivity index (χ1n) is 4.66. The van der Waals surface area contributed by atoms with E-state index in [2.05, 4.69) is 22.1 Å². The molecule has 2 heterocycles. The molecule has 74 valence electrons. The van der Waals surface area contributed by atoms with Crippen molar-refractivity contribution in [2.45, 2.75) is 26.8 Å². The van der Waals surface area contributed by atoms with Gasteiger partial charge in [0.25, 0.3) is 0 Å². The molecule has 0 fully saturated rings. The van der Waals surface area contributed by atoms with Crippen molar-refractivity contribution in [2.24, 2.45) is 5.73 Å². The fraction of sp³-hybridized carbons (Fsp3) is 0.444. The molecule has 0 spiro atoms. The molecule has 0 unspecified atom stereocenters. The highest BCUT2D eigenvalue weighted by molar-refractivity contribution is 5.48. The van der Waals surface area contributed by atoms with Gasteiger partial charge in [0.2, 0.25) is 0 Å². The van der Waals surface area contributed by atoms with Gasteiger partial charge in [-0.1, -0.05) is 6.92 Å². The fourth-order valence-corrected chi connectivity index (χ4v) is 1.59. The Kier molecular flexibility index (Phi) is 2.17.